The summed E-state index contributed by atoms with van der Waals surface area (Å²) in [5.74, 6) is -0.199. The van der Waals surface area contributed by atoms with E-state index in [1.807, 2.05) is 48.5 Å². The number of hydrogen-bond donors (Lipinski definition) is 0. The van der Waals surface area contributed by atoms with Gasteiger partial charge < -0.3 is 4.52 Å². The van der Waals surface area contributed by atoms with Gasteiger partial charge in [-0.15, -0.1) is 0 Å². The molecule has 5 heteroatoms. The summed E-state index contributed by atoms with van der Waals surface area (Å²) in [5.41, 5.74) is 3.77. The second kappa shape index (κ2) is 4.96. The summed E-state index contributed by atoms with van der Waals surface area (Å²) in [7, 11) is 0. The van der Waals surface area contributed by atoms with Crippen LogP contribution in [0.4, 0.5) is 0 Å². The van der Waals surface area contributed by atoms with Gasteiger partial charge >= 0.3 is 5.76 Å². The van der Waals surface area contributed by atoms with Crippen molar-refractivity contribution in [2.24, 2.45) is 4.99 Å². The van der Waals surface area contributed by atoms with Gasteiger partial charge in [-0.3, -0.25) is 4.99 Å². The standard InChI is InChI=1S/C17H11N3O2/c21-17-19-16-8-9-18-11-14-10-13(12-4-2-1-3-5-12)6-7-15(14)20(16)22-17/h1-11H. The first-order valence-electron chi connectivity index (χ1n) is 6.81. The molecule has 1 aliphatic heterocycles. The average molecular weight is 289 g/mol. The summed E-state index contributed by atoms with van der Waals surface area (Å²) in [6.07, 6.45) is 4.96. The maximum Gasteiger partial charge on any atom is 0.460 e. The van der Waals surface area contributed by atoms with Crippen molar-refractivity contribution in [1.82, 2.24) is 9.72 Å². The molecule has 0 spiro atoms. The maximum absolute atomic E-state index is 11.4. The van der Waals surface area contributed by atoms with E-state index in [9.17, 15) is 4.79 Å². The van der Waals surface area contributed by atoms with Crippen LogP contribution in [-0.2, 0) is 0 Å². The molecule has 0 fully saturated rings. The maximum atomic E-state index is 11.4. The largest absolute Gasteiger partial charge is 0.460 e. The Kier molecular flexibility index (Phi) is 2.83. The topological polar surface area (TPSA) is 60.4 Å². The Balaban J connectivity index is 1.92. The zero-order valence-corrected chi connectivity index (χ0v) is 11.5. The van der Waals surface area contributed by atoms with Crippen LogP contribution in [-0.4, -0.2) is 15.9 Å². The normalized spacial score (nSPS) is 12.4. The van der Waals surface area contributed by atoms with Gasteiger partial charge in [0.05, 0.1) is 5.69 Å². The monoisotopic (exact) mass is 289 g/mol. The number of rotatable bonds is 1. The molecule has 1 aliphatic rings. The summed E-state index contributed by atoms with van der Waals surface area (Å²) in [5, 5.41) is 0. The van der Waals surface area contributed by atoms with E-state index in [4.69, 9.17) is 4.52 Å². The summed E-state index contributed by atoms with van der Waals surface area (Å²) < 4.78 is 6.58. The average Bonchev–Trinajstić information content (AvgIpc) is 2.90. The number of benzene rings is 2. The lowest BCUT2D eigenvalue weighted by molar-refractivity contribution is 0.319. The van der Waals surface area contributed by atoms with Crippen molar-refractivity contribution in [1.29, 1.82) is 0 Å². The van der Waals surface area contributed by atoms with E-state index in [1.54, 1.807) is 18.5 Å². The van der Waals surface area contributed by atoms with Gasteiger partial charge in [-0.1, -0.05) is 36.4 Å². The van der Waals surface area contributed by atoms with E-state index in [-0.39, 0.29) is 0 Å². The number of nitrogens with zero attached hydrogens (tertiary/aromatic N) is 3. The van der Waals surface area contributed by atoms with Crippen LogP contribution >= 0.6 is 0 Å². The van der Waals surface area contributed by atoms with E-state index in [2.05, 4.69) is 9.98 Å². The highest BCUT2D eigenvalue weighted by atomic mass is 16.5. The fourth-order valence-electron chi connectivity index (χ4n) is 2.45. The smallest absolute Gasteiger partial charge is 0.313 e. The van der Waals surface area contributed by atoms with Crippen molar-refractivity contribution in [3.63, 3.8) is 0 Å². The van der Waals surface area contributed by atoms with Gasteiger partial charge in [0.15, 0.2) is 5.82 Å². The highest BCUT2D eigenvalue weighted by Crippen LogP contribution is 2.25. The van der Waals surface area contributed by atoms with Crippen LogP contribution in [0.3, 0.4) is 0 Å². The summed E-state index contributed by atoms with van der Waals surface area (Å²) in [4.78, 5) is 19.4. The molecular formula is C17H11N3O2. The molecule has 4 rings (SSSR count). The Morgan fingerprint density at radius 1 is 1.00 bits per heavy atom. The van der Waals surface area contributed by atoms with Crippen molar-refractivity contribution in [2.45, 2.75) is 0 Å². The van der Waals surface area contributed by atoms with Crippen LogP contribution in [0.25, 0.3) is 22.9 Å². The third-order valence-electron chi connectivity index (χ3n) is 3.46. The minimum atomic E-state index is -0.625. The van der Waals surface area contributed by atoms with Crippen LogP contribution in [0.5, 0.6) is 0 Å². The van der Waals surface area contributed by atoms with E-state index in [0.29, 0.717) is 5.82 Å². The molecule has 0 saturated carbocycles. The Bertz CT molecular complexity index is 950. The molecule has 1 aromatic heterocycles. The van der Waals surface area contributed by atoms with E-state index < -0.39 is 5.76 Å². The fraction of sp³-hybridized carbons (Fsp3) is 0. The lowest BCUT2D eigenvalue weighted by atomic mass is 10.0. The fourth-order valence-corrected chi connectivity index (χ4v) is 2.45. The quantitative estimate of drug-likeness (QED) is 0.692. The minimum absolute atomic E-state index is 0.426. The predicted octanol–water partition coefficient (Wildman–Crippen LogP) is 2.90. The SMILES string of the molecule is O=c1nc2n(o1)-c1ccc(-c3ccccc3)cc1C=NC=C2. The Labute approximate surface area is 125 Å². The van der Waals surface area contributed by atoms with Crippen molar-refractivity contribution in [2.75, 3.05) is 0 Å². The molecule has 0 amide bonds. The number of hydrogen-bond acceptors (Lipinski definition) is 4. The van der Waals surface area contributed by atoms with Crippen LogP contribution in [0, 0.1) is 0 Å². The second-order valence-corrected chi connectivity index (χ2v) is 4.86. The molecule has 5 nitrogen and oxygen atoms in total. The predicted molar refractivity (Wildman–Crippen MR) is 84.2 cm³/mol. The van der Waals surface area contributed by atoms with Gasteiger partial charge in [0.25, 0.3) is 0 Å². The second-order valence-electron chi connectivity index (χ2n) is 4.86. The van der Waals surface area contributed by atoms with Gasteiger partial charge in [0.2, 0.25) is 0 Å². The zero-order chi connectivity index (χ0) is 14.9. The van der Waals surface area contributed by atoms with Crippen LogP contribution in [0.2, 0.25) is 0 Å². The van der Waals surface area contributed by atoms with Gasteiger partial charge in [-0.2, -0.15) is 9.72 Å². The molecule has 0 atom stereocenters. The molecule has 22 heavy (non-hydrogen) atoms. The molecule has 0 bridgehead atoms. The van der Waals surface area contributed by atoms with E-state index in [1.165, 1.54) is 4.74 Å². The van der Waals surface area contributed by atoms with Gasteiger partial charge in [-0.25, -0.2) is 4.79 Å². The molecular weight excluding hydrogens is 278 g/mol. The van der Waals surface area contributed by atoms with Crippen LogP contribution in [0.1, 0.15) is 11.4 Å². The molecule has 2 aromatic carbocycles. The van der Waals surface area contributed by atoms with Gasteiger partial charge in [0.1, 0.15) is 0 Å². The van der Waals surface area contributed by atoms with E-state index in [0.717, 1.165) is 22.4 Å². The summed E-state index contributed by atoms with van der Waals surface area (Å²) >= 11 is 0. The highest BCUT2D eigenvalue weighted by Gasteiger charge is 2.14. The molecule has 106 valence electrons. The van der Waals surface area contributed by atoms with Crippen molar-refractivity contribution >= 4 is 12.3 Å². The lowest BCUT2D eigenvalue weighted by Gasteiger charge is -2.10. The van der Waals surface area contributed by atoms with Gasteiger partial charge in [-0.05, 0) is 23.3 Å². The Hall–Kier alpha value is -3.21. The number of fused-ring (bicyclic) bond motifs is 3. The molecule has 0 unspecified atom stereocenters. The van der Waals surface area contributed by atoms with Crippen LogP contribution < -0.4 is 5.76 Å². The van der Waals surface area contributed by atoms with E-state index >= 15 is 0 Å². The molecule has 2 heterocycles. The van der Waals surface area contributed by atoms with Crippen molar-refractivity contribution in [3.05, 3.63) is 76.7 Å². The molecule has 3 aromatic rings. The van der Waals surface area contributed by atoms with Gasteiger partial charge in [0, 0.05) is 24.1 Å². The third-order valence-corrected chi connectivity index (χ3v) is 3.46. The zero-order valence-electron chi connectivity index (χ0n) is 11.5. The number of aromatic nitrogens is 2. The highest BCUT2D eigenvalue weighted by molar-refractivity contribution is 5.88. The van der Waals surface area contributed by atoms with Crippen molar-refractivity contribution < 1.29 is 4.52 Å². The molecule has 0 radical (unpaired) electrons. The first-order chi connectivity index (χ1) is 10.8. The Morgan fingerprint density at radius 2 is 1.86 bits per heavy atom. The van der Waals surface area contributed by atoms with Crippen LogP contribution in [0.15, 0.2) is 69.0 Å². The summed E-state index contributed by atoms with van der Waals surface area (Å²) in [6, 6.07) is 16.0. The first-order valence-corrected chi connectivity index (χ1v) is 6.81. The molecule has 0 aliphatic carbocycles. The Morgan fingerprint density at radius 3 is 2.73 bits per heavy atom. The number of aliphatic imine (C=N–C) groups is 1. The lowest BCUT2D eigenvalue weighted by Crippen LogP contribution is -2.02. The minimum Gasteiger partial charge on any atom is -0.313 e. The van der Waals surface area contributed by atoms with Crippen molar-refractivity contribution in [3.8, 4) is 16.8 Å². The first kappa shape index (κ1) is 12.5. The third kappa shape index (κ3) is 2.09. The molecule has 0 N–H and O–H groups in total. The molecule has 0 saturated heterocycles. The summed E-state index contributed by atoms with van der Waals surface area (Å²) in [6.45, 7) is 0.